The second-order valence-corrected chi connectivity index (χ2v) is 8.23. The van der Waals surface area contributed by atoms with Gasteiger partial charge in [-0.3, -0.25) is 4.79 Å². The molecule has 0 aliphatic carbocycles. The van der Waals surface area contributed by atoms with Crippen LogP contribution in [0.3, 0.4) is 0 Å². The van der Waals surface area contributed by atoms with Crippen LogP contribution in [0.4, 0.5) is 5.69 Å². The molecule has 2 aromatic heterocycles. The number of carbonyl (C=O) groups is 1. The first kappa shape index (κ1) is 19.9. The highest BCUT2D eigenvalue weighted by Crippen LogP contribution is 2.39. The van der Waals surface area contributed by atoms with Gasteiger partial charge in [-0.1, -0.05) is 47.6 Å². The molecular weight excluding hydrogens is 406 g/mol. The van der Waals surface area contributed by atoms with E-state index in [0.29, 0.717) is 36.8 Å². The molecule has 3 aromatic rings. The molecule has 1 amide bonds. The van der Waals surface area contributed by atoms with Crippen LogP contribution in [0.15, 0.2) is 77.0 Å². The summed E-state index contributed by atoms with van der Waals surface area (Å²) in [6.45, 7) is 1.05. The van der Waals surface area contributed by atoms with E-state index in [4.69, 9.17) is 16.3 Å². The molecule has 1 aliphatic rings. The molecule has 0 atom stereocenters. The van der Waals surface area contributed by atoms with E-state index in [1.54, 1.807) is 18.5 Å². The van der Waals surface area contributed by atoms with Gasteiger partial charge in [0.05, 0.1) is 5.41 Å². The molecule has 0 spiro atoms. The predicted octanol–water partition coefficient (Wildman–Crippen LogP) is 4.97. The molecule has 1 fully saturated rings. The average Bonchev–Trinajstić information content (AvgIpc) is 2.75. The van der Waals surface area contributed by atoms with Crippen molar-refractivity contribution in [3.8, 4) is 0 Å². The van der Waals surface area contributed by atoms with Crippen molar-refractivity contribution >= 4 is 35.0 Å². The SMILES string of the molecule is O=C(Nc1ccnc(Sc2ccccn2)c1)C1(c2ccccc2Cl)CCOCC1. The van der Waals surface area contributed by atoms with E-state index in [1.165, 1.54) is 11.8 Å². The Bertz CT molecular complexity index is 994. The monoisotopic (exact) mass is 425 g/mol. The first-order chi connectivity index (χ1) is 14.2. The van der Waals surface area contributed by atoms with Gasteiger partial charge in [0.15, 0.2) is 0 Å². The lowest BCUT2D eigenvalue weighted by Crippen LogP contribution is -2.45. The summed E-state index contributed by atoms with van der Waals surface area (Å²) >= 11 is 7.92. The lowest BCUT2D eigenvalue weighted by atomic mass is 9.73. The zero-order chi connectivity index (χ0) is 20.1. The van der Waals surface area contributed by atoms with E-state index in [1.807, 2.05) is 48.5 Å². The van der Waals surface area contributed by atoms with Crippen molar-refractivity contribution < 1.29 is 9.53 Å². The molecule has 4 rings (SSSR count). The van der Waals surface area contributed by atoms with Gasteiger partial charge in [0, 0.05) is 36.3 Å². The summed E-state index contributed by atoms with van der Waals surface area (Å²) in [5.41, 5.74) is 0.828. The maximum absolute atomic E-state index is 13.4. The lowest BCUT2D eigenvalue weighted by molar-refractivity contribution is -0.125. The second-order valence-electron chi connectivity index (χ2n) is 6.78. The summed E-state index contributed by atoms with van der Waals surface area (Å²) in [5, 5.41) is 5.29. The van der Waals surface area contributed by atoms with Crippen molar-refractivity contribution in [2.24, 2.45) is 0 Å². The third-order valence-electron chi connectivity index (χ3n) is 5.01. The number of anilines is 1. The van der Waals surface area contributed by atoms with Crippen molar-refractivity contribution in [1.29, 1.82) is 0 Å². The van der Waals surface area contributed by atoms with E-state index in [-0.39, 0.29) is 5.91 Å². The summed E-state index contributed by atoms with van der Waals surface area (Å²) in [6.07, 6.45) is 4.60. The molecule has 1 saturated heterocycles. The van der Waals surface area contributed by atoms with Crippen LogP contribution in [0.1, 0.15) is 18.4 Å². The Hall–Kier alpha value is -2.41. The number of hydrogen-bond acceptors (Lipinski definition) is 5. The standard InChI is InChI=1S/C22H20ClN3O2S/c23-18-6-2-1-5-17(18)22(9-13-28-14-10-22)21(27)26-16-8-12-25-20(15-16)29-19-7-3-4-11-24-19/h1-8,11-12,15H,9-10,13-14H2,(H,25,26,27). The Morgan fingerprint density at radius 2 is 1.76 bits per heavy atom. The minimum atomic E-state index is -0.714. The van der Waals surface area contributed by atoms with Crippen molar-refractivity contribution in [2.75, 3.05) is 18.5 Å². The fourth-order valence-corrected chi connectivity index (χ4v) is 4.59. The van der Waals surface area contributed by atoms with Crippen molar-refractivity contribution in [1.82, 2.24) is 9.97 Å². The average molecular weight is 426 g/mol. The third-order valence-corrected chi connectivity index (χ3v) is 6.22. The van der Waals surface area contributed by atoms with Crippen molar-refractivity contribution in [2.45, 2.75) is 28.3 Å². The highest BCUT2D eigenvalue weighted by atomic mass is 35.5. The molecule has 148 valence electrons. The Balaban J connectivity index is 1.58. The second kappa shape index (κ2) is 8.95. The van der Waals surface area contributed by atoms with Crippen LogP contribution in [0, 0.1) is 0 Å². The van der Waals surface area contributed by atoms with Crippen LogP contribution < -0.4 is 5.32 Å². The number of ether oxygens (including phenoxy) is 1. The number of benzene rings is 1. The first-order valence-corrected chi connectivity index (χ1v) is 10.6. The van der Waals surface area contributed by atoms with Crippen molar-refractivity contribution in [3.05, 3.63) is 77.6 Å². The maximum Gasteiger partial charge on any atom is 0.235 e. The fraction of sp³-hybridized carbons (Fsp3) is 0.227. The molecule has 1 N–H and O–H groups in total. The molecule has 1 aromatic carbocycles. The zero-order valence-electron chi connectivity index (χ0n) is 15.7. The van der Waals surface area contributed by atoms with Crippen LogP contribution >= 0.6 is 23.4 Å². The summed E-state index contributed by atoms with van der Waals surface area (Å²) in [6, 6.07) is 16.9. The molecule has 7 heteroatoms. The first-order valence-electron chi connectivity index (χ1n) is 9.36. The van der Waals surface area contributed by atoms with Crippen LogP contribution in [0.5, 0.6) is 0 Å². The van der Waals surface area contributed by atoms with E-state index < -0.39 is 5.41 Å². The zero-order valence-corrected chi connectivity index (χ0v) is 17.2. The Kier molecular flexibility index (Phi) is 6.13. The van der Waals surface area contributed by atoms with E-state index >= 15 is 0 Å². The molecule has 0 saturated carbocycles. The minimum absolute atomic E-state index is 0.0751. The van der Waals surface area contributed by atoms with E-state index in [9.17, 15) is 4.79 Å². The number of carbonyl (C=O) groups excluding carboxylic acids is 1. The molecular formula is C22H20ClN3O2S. The molecule has 0 bridgehead atoms. The molecule has 0 radical (unpaired) electrons. The van der Waals surface area contributed by atoms with Gasteiger partial charge in [-0.05, 0) is 48.7 Å². The number of pyridine rings is 2. The summed E-state index contributed by atoms with van der Waals surface area (Å²) in [4.78, 5) is 22.1. The summed E-state index contributed by atoms with van der Waals surface area (Å²) in [5.74, 6) is -0.0751. The topological polar surface area (TPSA) is 64.1 Å². The van der Waals surface area contributed by atoms with E-state index in [0.717, 1.165) is 15.6 Å². The van der Waals surface area contributed by atoms with Gasteiger partial charge < -0.3 is 10.1 Å². The number of amides is 1. The number of nitrogens with zero attached hydrogens (tertiary/aromatic N) is 2. The highest BCUT2D eigenvalue weighted by molar-refractivity contribution is 7.99. The Labute approximate surface area is 178 Å². The quantitative estimate of drug-likeness (QED) is 0.625. The predicted molar refractivity (Wildman–Crippen MR) is 114 cm³/mol. The van der Waals surface area contributed by atoms with Gasteiger partial charge in [-0.25, -0.2) is 9.97 Å². The third kappa shape index (κ3) is 4.45. The molecule has 29 heavy (non-hydrogen) atoms. The molecule has 3 heterocycles. The van der Waals surface area contributed by atoms with Crippen molar-refractivity contribution in [3.63, 3.8) is 0 Å². The minimum Gasteiger partial charge on any atom is -0.381 e. The normalized spacial score (nSPS) is 15.6. The van der Waals surface area contributed by atoms with Gasteiger partial charge in [-0.2, -0.15) is 0 Å². The summed E-state index contributed by atoms with van der Waals surface area (Å²) < 4.78 is 5.53. The lowest BCUT2D eigenvalue weighted by Gasteiger charge is -2.36. The fourth-order valence-electron chi connectivity index (χ4n) is 3.50. The largest absolute Gasteiger partial charge is 0.381 e. The van der Waals surface area contributed by atoms with E-state index in [2.05, 4.69) is 15.3 Å². The highest BCUT2D eigenvalue weighted by Gasteiger charge is 2.43. The maximum atomic E-state index is 13.4. The van der Waals surface area contributed by atoms with Gasteiger partial charge in [0.2, 0.25) is 5.91 Å². The summed E-state index contributed by atoms with van der Waals surface area (Å²) in [7, 11) is 0. The number of halogens is 1. The van der Waals surface area contributed by atoms with Gasteiger partial charge in [0.25, 0.3) is 0 Å². The van der Waals surface area contributed by atoms with Gasteiger partial charge in [0.1, 0.15) is 10.1 Å². The van der Waals surface area contributed by atoms with Crippen LogP contribution in [-0.4, -0.2) is 29.1 Å². The number of nitrogens with one attached hydrogen (secondary N) is 1. The Morgan fingerprint density at radius 3 is 2.52 bits per heavy atom. The van der Waals surface area contributed by atoms with Gasteiger partial charge >= 0.3 is 0 Å². The Morgan fingerprint density at radius 1 is 1.00 bits per heavy atom. The van der Waals surface area contributed by atoms with Crippen LogP contribution in [0.2, 0.25) is 5.02 Å². The molecule has 5 nitrogen and oxygen atoms in total. The molecule has 1 aliphatic heterocycles. The number of aromatic nitrogens is 2. The van der Waals surface area contributed by atoms with Crippen LogP contribution in [0.25, 0.3) is 0 Å². The van der Waals surface area contributed by atoms with Gasteiger partial charge in [-0.15, -0.1) is 0 Å². The number of rotatable bonds is 5. The number of hydrogen-bond donors (Lipinski definition) is 1. The molecule has 0 unspecified atom stereocenters. The van der Waals surface area contributed by atoms with Crippen LogP contribution in [-0.2, 0) is 14.9 Å². The smallest absolute Gasteiger partial charge is 0.235 e.